The summed E-state index contributed by atoms with van der Waals surface area (Å²) in [6.45, 7) is -6.18. The van der Waals surface area contributed by atoms with E-state index in [4.69, 9.17) is 14.9 Å². The molecule has 0 aromatic carbocycles. The monoisotopic (exact) mass is 726 g/mol. The summed E-state index contributed by atoms with van der Waals surface area (Å²) in [4.78, 5) is 55.4. The maximum atomic E-state index is 12.4. The van der Waals surface area contributed by atoms with E-state index in [1.165, 1.54) is 0 Å². The van der Waals surface area contributed by atoms with Crippen LogP contribution in [0.25, 0.3) is 0 Å². The van der Waals surface area contributed by atoms with Crippen LogP contribution in [0, 0.1) is 11.8 Å². The maximum Gasteiger partial charge on any atom is 0.472 e. The van der Waals surface area contributed by atoms with E-state index in [2.05, 4.69) is 40.7 Å². The zero-order chi connectivity index (χ0) is 32.5. The molecule has 0 aliphatic carbocycles. The minimum absolute atomic E-state index is 0.267. The summed E-state index contributed by atoms with van der Waals surface area (Å²) >= 11 is 0. The molecule has 0 rings (SSSR count). The highest BCUT2D eigenvalue weighted by molar-refractivity contribution is 7.48. The highest BCUT2D eigenvalue weighted by Gasteiger charge is 2.28. The van der Waals surface area contributed by atoms with Gasteiger partial charge in [0.05, 0.1) is 72.7 Å². The van der Waals surface area contributed by atoms with Gasteiger partial charge in [-0.2, -0.15) is 0 Å². The van der Waals surface area contributed by atoms with E-state index in [-0.39, 0.29) is 6.42 Å². The molecule has 0 spiro atoms. The number of aliphatic hydroxyl groups excluding tert-OH is 1. The average Bonchev–Trinajstić information content (AvgIpc) is 2.87. The molecule has 42 heavy (non-hydrogen) atoms. The van der Waals surface area contributed by atoms with Crippen LogP contribution in [-0.4, -0.2) is 107 Å². The average molecular weight is 726 g/mol. The van der Waals surface area contributed by atoms with Crippen molar-refractivity contribution in [1.82, 2.24) is 0 Å². The molecule has 0 heterocycles. The van der Waals surface area contributed by atoms with E-state index in [0.717, 1.165) is 0 Å². The quantitative estimate of drug-likeness (QED) is 0.0462. The van der Waals surface area contributed by atoms with Gasteiger partial charge in [-0.3, -0.25) is 45.1 Å². The van der Waals surface area contributed by atoms with Gasteiger partial charge < -0.3 is 34.5 Å². The normalized spacial score (nSPS) is 19.7. The number of rotatable bonds is 27. The zero-order valence-corrected chi connectivity index (χ0v) is 26.6. The van der Waals surface area contributed by atoms with Crippen molar-refractivity contribution >= 4 is 39.1 Å². The lowest BCUT2D eigenvalue weighted by molar-refractivity contribution is 0.0713. The summed E-state index contributed by atoms with van der Waals surface area (Å²) in [5, 5.41) is 8.79. The molecule has 0 radical (unpaired) electrons. The van der Waals surface area contributed by atoms with Crippen molar-refractivity contribution < 1.29 is 102 Å². The van der Waals surface area contributed by atoms with Gasteiger partial charge in [-0.05, 0) is 6.42 Å². The Kier molecular flexibility index (Phi) is 20.8. The summed E-state index contributed by atoms with van der Waals surface area (Å²) in [5.74, 6) is -1.72. The van der Waals surface area contributed by atoms with Gasteiger partial charge in [-0.1, -0.05) is 6.92 Å². The molecule has 0 aliphatic rings. The lowest BCUT2D eigenvalue weighted by atomic mass is 10.1. The van der Waals surface area contributed by atoms with E-state index < -0.39 is 124 Å². The molecule has 7 N–H and O–H groups in total. The first-order valence-corrected chi connectivity index (χ1v) is 19.1. The highest BCUT2D eigenvalue weighted by Crippen LogP contribution is 2.48. The van der Waals surface area contributed by atoms with Crippen LogP contribution in [0.15, 0.2) is 0 Å². The van der Waals surface area contributed by atoms with Gasteiger partial charge in [0, 0.05) is 11.8 Å². The molecule has 0 bridgehead atoms. The molecular weight excluding hydrogens is 690 g/mol. The first-order valence-electron chi connectivity index (χ1n) is 11.6. The topological polar surface area (TPSA) is 310 Å². The van der Waals surface area contributed by atoms with Crippen molar-refractivity contribution in [3.8, 4) is 0 Å². The largest absolute Gasteiger partial charge is 0.472 e. The number of halogens is 1. The van der Waals surface area contributed by atoms with Crippen LogP contribution in [0.4, 0.5) is 4.39 Å². The summed E-state index contributed by atoms with van der Waals surface area (Å²) in [6, 6.07) is 0. The number of phosphoric acid groups is 5. The molecule has 0 aromatic rings. The fourth-order valence-corrected chi connectivity index (χ4v) is 5.43. The smallest absolute Gasteiger partial charge is 0.396 e. The van der Waals surface area contributed by atoms with E-state index in [0.29, 0.717) is 0 Å². The van der Waals surface area contributed by atoms with Crippen LogP contribution in [0.1, 0.15) is 13.3 Å². The van der Waals surface area contributed by atoms with Crippen molar-refractivity contribution in [3.63, 3.8) is 0 Å². The fraction of sp³-hybridized carbons (Fsp3) is 1.00. The van der Waals surface area contributed by atoms with E-state index in [1.54, 1.807) is 6.92 Å². The van der Waals surface area contributed by atoms with Crippen LogP contribution < -0.4 is 0 Å². The molecule has 6 unspecified atom stereocenters. The van der Waals surface area contributed by atoms with Crippen molar-refractivity contribution in [2.45, 2.75) is 13.3 Å². The van der Waals surface area contributed by atoms with E-state index in [1.807, 2.05) is 0 Å². The summed E-state index contributed by atoms with van der Waals surface area (Å²) in [7, 11) is -23.7. The SMILES string of the molecule is CCC(COP(=O)(O)O)COP(=O)(O)OCCOP(=O)(O)OCCOP(=O)(O)OCCOP(=O)(O)OCC(CO)CF. The third-order valence-electron chi connectivity index (χ3n) is 4.26. The third-order valence-corrected chi connectivity index (χ3v) is 8.74. The van der Waals surface area contributed by atoms with Crippen LogP contribution in [0.3, 0.4) is 0 Å². The molecule has 0 saturated carbocycles. The van der Waals surface area contributed by atoms with Crippen LogP contribution >= 0.6 is 39.1 Å². The number of hydrogen-bond acceptors (Lipinski definition) is 15. The van der Waals surface area contributed by atoms with Gasteiger partial charge in [0.25, 0.3) is 0 Å². The molecule has 0 aliphatic heterocycles. The lowest BCUT2D eigenvalue weighted by Gasteiger charge is -2.18. The Hall–Kier alpha value is 0.440. The van der Waals surface area contributed by atoms with Crippen LogP contribution in [0.2, 0.25) is 0 Å². The molecule has 6 atom stereocenters. The predicted molar refractivity (Wildman–Crippen MR) is 135 cm³/mol. The Morgan fingerprint density at radius 2 is 0.810 bits per heavy atom. The van der Waals surface area contributed by atoms with Crippen molar-refractivity contribution in [2.75, 3.05) is 72.7 Å². The first-order chi connectivity index (χ1) is 19.3. The minimum atomic E-state index is -4.79. The van der Waals surface area contributed by atoms with E-state index >= 15 is 0 Å². The minimum Gasteiger partial charge on any atom is -0.396 e. The second-order valence-corrected chi connectivity index (χ2v) is 14.8. The number of alkyl halides is 1. The summed E-state index contributed by atoms with van der Waals surface area (Å²) in [6.07, 6.45) is 0.267. The maximum absolute atomic E-state index is 12.4. The third kappa shape index (κ3) is 23.8. The Morgan fingerprint density at radius 3 is 1.07 bits per heavy atom. The summed E-state index contributed by atoms with van der Waals surface area (Å²) < 4.78 is 110. The van der Waals surface area contributed by atoms with Gasteiger partial charge >= 0.3 is 39.1 Å². The molecule has 0 amide bonds. The molecular formula is C15H36FO21P5. The van der Waals surface area contributed by atoms with Gasteiger partial charge in [-0.15, -0.1) is 0 Å². The van der Waals surface area contributed by atoms with Gasteiger partial charge in [0.15, 0.2) is 0 Å². The van der Waals surface area contributed by atoms with Crippen molar-refractivity contribution in [2.24, 2.45) is 11.8 Å². The second-order valence-electron chi connectivity index (χ2n) is 7.73. The lowest BCUT2D eigenvalue weighted by Crippen LogP contribution is -2.16. The summed E-state index contributed by atoms with van der Waals surface area (Å²) in [5.41, 5.74) is 0. The Bertz CT molecular complexity index is 989. The van der Waals surface area contributed by atoms with Crippen LogP contribution in [0.5, 0.6) is 0 Å². The van der Waals surface area contributed by atoms with Crippen molar-refractivity contribution in [3.05, 3.63) is 0 Å². The zero-order valence-electron chi connectivity index (χ0n) is 22.1. The molecule has 27 heteroatoms. The fourth-order valence-electron chi connectivity index (χ4n) is 2.10. The van der Waals surface area contributed by atoms with Gasteiger partial charge in [0.1, 0.15) is 0 Å². The molecule has 254 valence electrons. The van der Waals surface area contributed by atoms with Crippen molar-refractivity contribution in [1.29, 1.82) is 0 Å². The predicted octanol–water partition coefficient (Wildman–Crippen LogP) is 1.23. The number of hydrogen-bond donors (Lipinski definition) is 7. The standard InChI is InChI=1S/C15H36FO21P5/c1-2-14(11-35-38(18,19)20)12-36-41(25,26)33-7-5-31-39(21,22)29-3-4-30-40(23,24)32-6-8-34-42(27,28)37-13-15(9-16)10-17/h14-15,17H,2-13H2,1H3,(H,21,22)(H,23,24)(H,25,26)(H,27,28)(H2,18,19,20). The number of aliphatic hydroxyl groups is 1. The van der Waals surface area contributed by atoms with Gasteiger partial charge in [-0.25, -0.2) is 22.8 Å². The molecule has 21 nitrogen and oxygen atoms in total. The molecule has 0 saturated heterocycles. The van der Waals surface area contributed by atoms with E-state index in [9.17, 15) is 46.8 Å². The van der Waals surface area contributed by atoms with Gasteiger partial charge in [0.2, 0.25) is 0 Å². The molecule has 0 fully saturated rings. The highest BCUT2D eigenvalue weighted by atomic mass is 31.2. The first kappa shape index (κ1) is 42.4. The van der Waals surface area contributed by atoms with Crippen LogP contribution in [-0.2, 0) is 63.5 Å². The Balaban J connectivity index is 4.21. The Labute approximate surface area is 239 Å². The number of phosphoric ester groups is 5. The Morgan fingerprint density at radius 1 is 0.524 bits per heavy atom. The second kappa shape index (κ2) is 20.5. The molecule has 0 aromatic heterocycles.